The highest BCUT2D eigenvalue weighted by molar-refractivity contribution is 7.92. The van der Waals surface area contributed by atoms with Gasteiger partial charge in [-0.3, -0.25) is 14.5 Å². The standard InChI is InChI=1S/C21H22N4O4S/c1-13(2)19(26)17-8-6-5-7-15(17)16-9-10-22-12-18(16)30(27,28)25-20-21(29-4)24-14(3)11-23-20/h5-13H,1-4H3,(H,23,25). The predicted octanol–water partition coefficient (Wildman–Crippen LogP) is 3.50. The molecule has 2 heterocycles. The molecular formula is C21H22N4O4S. The van der Waals surface area contributed by atoms with Gasteiger partial charge in [-0.25, -0.2) is 18.4 Å². The number of sulfonamides is 1. The summed E-state index contributed by atoms with van der Waals surface area (Å²) < 4.78 is 34.0. The third-order valence-corrected chi connectivity index (χ3v) is 5.73. The number of pyridine rings is 1. The number of ketones is 1. The van der Waals surface area contributed by atoms with Gasteiger partial charge in [-0.2, -0.15) is 0 Å². The van der Waals surface area contributed by atoms with Crippen LogP contribution in [0.2, 0.25) is 0 Å². The largest absolute Gasteiger partial charge is 0.478 e. The Labute approximate surface area is 175 Å². The SMILES string of the molecule is COc1nc(C)cnc1NS(=O)(=O)c1cnccc1-c1ccccc1C(=O)C(C)C. The highest BCUT2D eigenvalue weighted by Crippen LogP contribution is 2.32. The molecule has 30 heavy (non-hydrogen) atoms. The van der Waals surface area contributed by atoms with Gasteiger partial charge in [0.25, 0.3) is 15.9 Å². The van der Waals surface area contributed by atoms with Crippen molar-refractivity contribution < 1.29 is 17.9 Å². The number of hydrogen-bond acceptors (Lipinski definition) is 7. The third-order valence-electron chi connectivity index (χ3n) is 4.37. The number of anilines is 1. The molecule has 0 saturated carbocycles. The topological polar surface area (TPSA) is 111 Å². The fraction of sp³-hybridized carbons (Fsp3) is 0.238. The molecule has 3 aromatic rings. The number of ether oxygens (including phenoxy) is 1. The monoisotopic (exact) mass is 426 g/mol. The Bertz CT molecular complexity index is 1190. The minimum Gasteiger partial charge on any atom is -0.478 e. The number of aromatic nitrogens is 3. The molecule has 0 aliphatic carbocycles. The van der Waals surface area contributed by atoms with Crippen molar-refractivity contribution in [2.24, 2.45) is 5.92 Å². The van der Waals surface area contributed by atoms with Crippen molar-refractivity contribution in [1.29, 1.82) is 0 Å². The second kappa shape index (κ2) is 8.58. The van der Waals surface area contributed by atoms with Crippen LogP contribution in [0.15, 0.2) is 53.8 Å². The zero-order valence-corrected chi connectivity index (χ0v) is 17.9. The molecule has 0 fully saturated rings. The molecular weight excluding hydrogens is 404 g/mol. The third kappa shape index (κ3) is 4.30. The highest BCUT2D eigenvalue weighted by atomic mass is 32.2. The Balaban J connectivity index is 2.12. The van der Waals surface area contributed by atoms with Crippen LogP contribution in [-0.2, 0) is 10.0 Å². The number of aryl methyl sites for hydroxylation is 1. The summed E-state index contributed by atoms with van der Waals surface area (Å²) >= 11 is 0. The van der Waals surface area contributed by atoms with Crippen LogP contribution in [0.1, 0.15) is 29.9 Å². The van der Waals surface area contributed by atoms with Gasteiger partial charge >= 0.3 is 0 Å². The number of hydrogen-bond donors (Lipinski definition) is 1. The van der Waals surface area contributed by atoms with Gasteiger partial charge in [0.05, 0.1) is 19.0 Å². The minimum atomic E-state index is -4.11. The first-order chi connectivity index (χ1) is 14.2. The predicted molar refractivity (Wildman–Crippen MR) is 113 cm³/mol. The Hall–Kier alpha value is -3.33. The number of Topliss-reactive ketones (excluding diaryl/α,β-unsaturated/α-hetero) is 1. The van der Waals surface area contributed by atoms with E-state index in [1.807, 2.05) is 0 Å². The van der Waals surface area contributed by atoms with Crippen LogP contribution in [0.4, 0.5) is 5.82 Å². The maximum atomic E-state index is 13.2. The first-order valence-electron chi connectivity index (χ1n) is 9.22. The smallest absolute Gasteiger partial charge is 0.265 e. The van der Waals surface area contributed by atoms with Crippen LogP contribution in [0.25, 0.3) is 11.1 Å². The van der Waals surface area contributed by atoms with Crippen molar-refractivity contribution in [3.63, 3.8) is 0 Å². The Kier molecular flexibility index (Phi) is 6.12. The van der Waals surface area contributed by atoms with Crippen molar-refractivity contribution in [1.82, 2.24) is 15.0 Å². The summed E-state index contributed by atoms with van der Waals surface area (Å²) in [5, 5.41) is 0. The van der Waals surface area contributed by atoms with Crippen LogP contribution in [0.3, 0.4) is 0 Å². The van der Waals surface area contributed by atoms with E-state index in [9.17, 15) is 13.2 Å². The number of benzene rings is 1. The molecule has 0 amide bonds. The fourth-order valence-corrected chi connectivity index (χ4v) is 4.08. The number of nitrogens with zero attached hydrogens (tertiary/aromatic N) is 3. The summed E-state index contributed by atoms with van der Waals surface area (Å²) in [7, 11) is -2.73. The molecule has 2 aromatic heterocycles. The Morgan fingerprint density at radius 3 is 2.53 bits per heavy atom. The first-order valence-corrected chi connectivity index (χ1v) is 10.7. The lowest BCUT2D eigenvalue weighted by atomic mass is 9.93. The Morgan fingerprint density at radius 1 is 1.10 bits per heavy atom. The zero-order valence-electron chi connectivity index (χ0n) is 17.1. The quantitative estimate of drug-likeness (QED) is 0.576. The van der Waals surface area contributed by atoms with E-state index in [0.717, 1.165) is 0 Å². The summed E-state index contributed by atoms with van der Waals surface area (Å²) in [6, 6.07) is 8.48. The van der Waals surface area contributed by atoms with Crippen LogP contribution in [-0.4, -0.2) is 36.3 Å². The fourth-order valence-electron chi connectivity index (χ4n) is 2.91. The van der Waals surface area contributed by atoms with Crippen molar-refractivity contribution in [2.45, 2.75) is 25.7 Å². The van der Waals surface area contributed by atoms with E-state index in [1.165, 1.54) is 25.7 Å². The number of carbonyl (C=O) groups is 1. The maximum absolute atomic E-state index is 13.2. The van der Waals surface area contributed by atoms with Gasteiger partial charge in [0, 0.05) is 29.4 Å². The highest BCUT2D eigenvalue weighted by Gasteiger charge is 2.25. The molecule has 0 atom stereocenters. The van der Waals surface area contributed by atoms with Gasteiger partial charge < -0.3 is 4.74 Å². The van der Waals surface area contributed by atoms with Crippen molar-refractivity contribution in [2.75, 3.05) is 11.8 Å². The van der Waals surface area contributed by atoms with Crippen molar-refractivity contribution in [3.05, 3.63) is 60.2 Å². The van der Waals surface area contributed by atoms with E-state index in [1.54, 1.807) is 51.1 Å². The number of nitrogens with one attached hydrogen (secondary N) is 1. The second-order valence-corrected chi connectivity index (χ2v) is 8.56. The molecule has 3 rings (SSSR count). The molecule has 0 bridgehead atoms. The van der Waals surface area contributed by atoms with Crippen LogP contribution in [0.5, 0.6) is 5.88 Å². The Morgan fingerprint density at radius 2 is 1.83 bits per heavy atom. The summed E-state index contributed by atoms with van der Waals surface area (Å²) in [6.07, 6.45) is 4.15. The first kappa shape index (κ1) is 21.4. The minimum absolute atomic E-state index is 0.0376. The van der Waals surface area contributed by atoms with Gasteiger partial charge in [0.1, 0.15) is 4.90 Å². The molecule has 0 radical (unpaired) electrons. The second-order valence-electron chi connectivity index (χ2n) is 6.91. The number of rotatable bonds is 7. The molecule has 0 unspecified atom stereocenters. The van der Waals surface area contributed by atoms with E-state index in [-0.39, 0.29) is 28.3 Å². The normalized spacial score (nSPS) is 11.4. The van der Waals surface area contributed by atoms with Crippen molar-refractivity contribution >= 4 is 21.6 Å². The van der Waals surface area contributed by atoms with Gasteiger partial charge in [0.15, 0.2) is 5.78 Å². The van der Waals surface area contributed by atoms with Gasteiger partial charge in [-0.15, -0.1) is 0 Å². The number of methoxy groups -OCH3 is 1. The van der Waals surface area contributed by atoms with Crippen LogP contribution >= 0.6 is 0 Å². The lowest BCUT2D eigenvalue weighted by molar-refractivity contribution is 0.0940. The molecule has 1 aromatic carbocycles. The summed E-state index contributed by atoms with van der Waals surface area (Å²) in [5.41, 5.74) is 1.91. The molecule has 1 N–H and O–H groups in total. The molecule has 0 saturated heterocycles. The maximum Gasteiger partial charge on any atom is 0.265 e. The van der Waals surface area contributed by atoms with Gasteiger partial charge in [-0.1, -0.05) is 38.1 Å². The van der Waals surface area contributed by atoms with E-state index >= 15 is 0 Å². The van der Waals surface area contributed by atoms with E-state index < -0.39 is 10.0 Å². The molecule has 0 spiro atoms. The summed E-state index contributed by atoms with van der Waals surface area (Å²) in [4.78, 5) is 24.8. The molecule has 8 nitrogen and oxygen atoms in total. The van der Waals surface area contributed by atoms with Crippen LogP contribution < -0.4 is 9.46 Å². The van der Waals surface area contributed by atoms with Crippen molar-refractivity contribution in [3.8, 4) is 17.0 Å². The molecule has 9 heteroatoms. The summed E-state index contributed by atoms with van der Waals surface area (Å²) in [5.74, 6) is -0.299. The van der Waals surface area contributed by atoms with E-state index in [0.29, 0.717) is 22.4 Å². The average Bonchev–Trinajstić information content (AvgIpc) is 2.74. The number of carbonyl (C=O) groups excluding carboxylic acids is 1. The molecule has 0 aliphatic rings. The van der Waals surface area contributed by atoms with E-state index in [2.05, 4.69) is 19.7 Å². The molecule has 0 aliphatic heterocycles. The van der Waals surface area contributed by atoms with Crippen LogP contribution in [0, 0.1) is 12.8 Å². The van der Waals surface area contributed by atoms with E-state index in [4.69, 9.17) is 4.74 Å². The molecule has 156 valence electrons. The lowest BCUT2D eigenvalue weighted by Gasteiger charge is -2.15. The van der Waals surface area contributed by atoms with Gasteiger partial charge in [0.2, 0.25) is 5.82 Å². The summed E-state index contributed by atoms with van der Waals surface area (Å²) in [6.45, 7) is 5.32. The zero-order chi connectivity index (χ0) is 21.9. The van der Waals surface area contributed by atoms with Gasteiger partial charge in [-0.05, 0) is 18.6 Å². The average molecular weight is 426 g/mol. The lowest BCUT2D eigenvalue weighted by Crippen LogP contribution is -2.17.